The quantitative estimate of drug-likeness (QED) is 0.772. The summed E-state index contributed by atoms with van der Waals surface area (Å²) in [4.78, 5) is 14.1. The molecule has 1 aromatic heterocycles. The van der Waals surface area contributed by atoms with Gasteiger partial charge in [-0.3, -0.25) is 4.79 Å². The molecule has 0 spiro atoms. The van der Waals surface area contributed by atoms with Crippen molar-refractivity contribution < 1.29 is 4.79 Å². The minimum Gasteiger partial charge on any atom is -0.384 e. The van der Waals surface area contributed by atoms with Gasteiger partial charge >= 0.3 is 0 Å². The molecule has 0 fully saturated rings. The standard InChI is InChI=1S/C7H8BrN3O/c1-9-6-5(8)2-3-10-7(6)11-4-12/h2-4,9H,1H3,(H,10,11,12). The largest absolute Gasteiger partial charge is 0.384 e. The lowest BCUT2D eigenvalue weighted by molar-refractivity contribution is -0.105. The highest BCUT2D eigenvalue weighted by Crippen LogP contribution is 2.27. The summed E-state index contributed by atoms with van der Waals surface area (Å²) in [5.74, 6) is 0.516. The maximum Gasteiger partial charge on any atom is 0.212 e. The number of amides is 1. The Morgan fingerprint density at radius 3 is 3.00 bits per heavy atom. The van der Waals surface area contributed by atoms with Crippen molar-refractivity contribution in [2.45, 2.75) is 0 Å². The van der Waals surface area contributed by atoms with Crippen LogP contribution in [0.25, 0.3) is 0 Å². The van der Waals surface area contributed by atoms with E-state index in [1.165, 1.54) is 0 Å². The molecule has 2 N–H and O–H groups in total. The molecule has 0 radical (unpaired) electrons. The number of hydrogen-bond donors (Lipinski definition) is 2. The molecule has 0 saturated carbocycles. The maximum atomic E-state index is 10.2. The van der Waals surface area contributed by atoms with Gasteiger partial charge in [0.05, 0.1) is 5.69 Å². The Morgan fingerprint density at radius 1 is 1.67 bits per heavy atom. The second-order valence-corrected chi connectivity index (χ2v) is 2.88. The third-order valence-corrected chi connectivity index (χ3v) is 2.01. The molecule has 1 heterocycles. The van der Waals surface area contributed by atoms with Crippen LogP contribution in [0.15, 0.2) is 16.7 Å². The van der Waals surface area contributed by atoms with Gasteiger partial charge in [0, 0.05) is 17.7 Å². The third kappa shape index (κ3) is 1.73. The first-order valence-electron chi connectivity index (χ1n) is 3.32. The van der Waals surface area contributed by atoms with Crippen molar-refractivity contribution in [3.8, 4) is 0 Å². The molecule has 1 aromatic rings. The molecule has 0 aromatic carbocycles. The van der Waals surface area contributed by atoms with Gasteiger partial charge in [-0.25, -0.2) is 4.98 Å². The smallest absolute Gasteiger partial charge is 0.212 e. The van der Waals surface area contributed by atoms with Crippen molar-refractivity contribution in [1.29, 1.82) is 0 Å². The van der Waals surface area contributed by atoms with Crippen LogP contribution in [0.3, 0.4) is 0 Å². The number of carbonyl (C=O) groups is 1. The molecule has 64 valence electrons. The first kappa shape index (κ1) is 8.99. The second-order valence-electron chi connectivity index (χ2n) is 2.03. The van der Waals surface area contributed by atoms with E-state index in [2.05, 4.69) is 31.5 Å². The van der Waals surface area contributed by atoms with Gasteiger partial charge in [0.2, 0.25) is 6.41 Å². The third-order valence-electron chi connectivity index (χ3n) is 1.35. The van der Waals surface area contributed by atoms with Crippen LogP contribution in [0, 0.1) is 0 Å². The number of anilines is 2. The molecule has 0 atom stereocenters. The zero-order valence-corrected chi connectivity index (χ0v) is 8.05. The molecular weight excluding hydrogens is 222 g/mol. The Hall–Kier alpha value is -1.10. The molecule has 12 heavy (non-hydrogen) atoms. The van der Waals surface area contributed by atoms with Crippen LogP contribution in [0.2, 0.25) is 0 Å². The van der Waals surface area contributed by atoms with Crippen LogP contribution in [-0.4, -0.2) is 18.4 Å². The van der Waals surface area contributed by atoms with E-state index in [1.54, 1.807) is 19.3 Å². The Balaban J connectivity index is 3.08. The summed E-state index contributed by atoms with van der Waals surface area (Å²) in [6, 6.07) is 1.79. The normalized spacial score (nSPS) is 9.17. The van der Waals surface area contributed by atoms with Crippen molar-refractivity contribution in [1.82, 2.24) is 4.98 Å². The second kappa shape index (κ2) is 4.06. The van der Waals surface area contributed by atoms with Gasteiger partial charge in [-0.05, 0) is 22.0 Å². The predicted molar refractivity (Wildman–Crippen MR) is 51.2 cm³/mol. The number of aromatic nitrogens is 1. The molecule has 0 aliphatic heterocycles. The van der Waals surface area contributed by atoms with E-state index in [0.717, 1.165) is 10.2 Å². The maximum absolute atomic E-state index is 10.2. The van der Waals surface area contributed by atoms with E-state index in [1.807, 2.05) is 0 Å². The van der Waals surface area contributed by atoms with Crippen LogP contribution in [0.4, 0.5) is 11.5 Å². The van der Waals surface area contributed by atoms with Gasteiger partial charge in [0.25, 0.3) is 0 Å². The van der Waals surface area contributed by atoms with Gasteiger partial charge in [0.15, 0.2) is 5.82 Å². The number of halogens is 1. The fourth-order valence-electron chi connectivity index (χ4n) is 0.841. The number of nitrogens with one attached hydrogen (secondary N) is 2. The Labute approximate surface area is 78.5 Å². The lowest BCUT2D eigenvalue weighted by atomic mass is 10.4. The Bertz CT molecular complexity index is 290. The number of rotatable bonds is 3. The van der Waals surface area contributed by atoms with Crippen molar-refractivity contribution in [3.63, 3.8) is 0 Å². The molecule has 5 heteroatoms. The van der Waals surface area contributed by atoms with Crippen molar-refractivity contribution >= 4 is 33.8 Å². The molecule has 0 saturated heterocycles. The van der Waals surface area contributed by atoms with E-state index in [4.69, 9.17) is 0 Å². The minimum atomic E-state index is 0.516. The lowest BCUT2D eigenvalue weighted by Crippen LogP contribution is -2.02. The zero-order chi connectivity index (χ0) is 8.97. The fraction of sp³-hybridized carbons (Fsp3) is 0.143. The molecule has 1 amide bonds. The molecule has 0 aliphatic carbocycles. The monoisotopic (exact) mass is 229 g/mol. The van der Waals surface area contributed by atoms with Gasteiger partial charge in [0.1, 0.15) is 0 Å². The summed E-state index contributed by atoms with van der Waals surface area (Å²) in [5.41, 5.74) is 0.768. The number of nitrogens with zero attached hydrogens (tertiary/aromatic N) is 1. The van der Waals surface area contributed by atoms with Crippen LogP contribution in [-0.2, 0) is 4.79 Å². The molecule has 0 aliphatic rings. The van der Waals surface area contributed by atoms with E-state index in [0.29, 0.717) is 12.2 Å². The van der Waals surface area contributed by atoms with E-state index in [9.17, 15) is 4.79 Å². The fourth-order valence-corrected chi connectivity index (χ4v) is 1.35. The summed E-state index contributed by atoms with van der Waals surface area (Å²) in [7, 11) is 1.76. The van der Waals surface area contributed by atoms with Gasteiger partial charge < -0.3 is 10.6 Å². The van der Waals surface area contributed by atoms with Crippen LogP contribution < -0.4 is 10.6 Å². The van der Waals surface area contributed by atoms with Gasteiger partial charge in [-0.1, -0.05) is 0 Å². The highest BCUT2D eigenvalue weighted by atomic mass is 79.9. The molecular formula is C7H8BrN3O. The Kier molecular flexibility index (Phi) is 3.04. The first-order valence-corrected chi connectivity index (χ1v) is 4.11. The predicted octanol–water partition coefficient (Wildman–Crippen LogP) is 1.45. The van der Waals surface area contributed by atoms with Crippen LogP contribution >= 0.6 is 15.9 Å². The molecule has 4 nitrogen and oxygen atoms in total. The summed E-state index contributed by atoms with van der Waals surface area (Å²) < 4.78 is 0.865. The van der Waals surface area contributed by atoms with E-state index >= 15 is 0 Å². The summed E-state index contributed by atoms with van der Waals surface area (Å²) in [6.07, 6.45) is 2.20. The molecule has 0 unspecified atom stereocenters. The highest BCUT2D eigenvalue weighted by molar-refractivity contribution is 9.10. The summed E-state index contributed by atoms with van der Waals surface area (Å²) in [5, 5.41) is 5.40. The first-order chi connectivity index (χ1) is 5.79. The number of hydrogen-bond acceptors (Lipinski definition) is 3. The van der Waals surface area contributed by atoms with Crippen LogP contribution in [0.5, 0.6) is 0 Å². The van der Waals surface area contributed by atoms with E-state index in [-0.39, 0.29) is 0 Å². The summed E-state index contributed by atoms with van der Waals surface area (Å²) in [6.45, 7) is 0. The average Bonchev–Trinajstić information content (AvgIpc) is 2.05. The van der Waals surface area contributed by atoms with E-state index < -0.39 is 0 Å². The van der Waals surface area contributed by atoms with Crippen LogP contribution in [0.1, 0.15) is 0 Å². The zero-order valence-electron chi connectivity index (χ0n) is 6.47. The topological polar surface area (TPSA) is 54.0 Å². The average molecular weight is 230 g/mol. The molecule has 0 bridgehead atoms. The summed E-state index contributed by atoms with van der Waals surface area (Å²) >= 11 is 3.32. The highest BCUT2D eigenvalue weighted by Gasteiger charge is 2.04. The van der Waals surface area contributed by atoms with Crippen molar-refractivity contribution in [3.05, 3.63) is 16.7 Å². The number of carbonyl (C=O) groups excluding carboxylic acids is 1. The van der Waals surface area contributed by atoms with Gasteiger partial charge in [-0.2, -0.15) is 0 Å². The van der Waals surface area contributed by atoms with Gasteiger partial charge in [-0.15, -0.1) is 0 Å². The molecule has 1 rings (SSSR count). The van der Waals surface area contributed by atoms with Crippen molar-refractivity contribution in [2.24, 2.45) is 0 Å². The minimum absolute atomic E-state index is 0.516. The lowest BCUT2D eigenvalue weighted by Gasteiger charge is -2.07. The number of pyridine rings is 1. The van der Waals surface area contributed by atoms with Crippen molar-refractivity contribution in [2.75, 3.05) is 17.7 Å². The Morgan fingerprint density at radius 2 is 2.42 bits per heavy atom. The SMILES string of the molecule is CNc1c(Br)ccnc1NC=O.